The van der Waals surface area contributed by atoms with Crippen LogP contribution in [0.15, 0.2) is 0 Å². The number of thioether (sulfide) groups is 8. The quantitative estimate of drug-likeness (QED) is 0.0278. The average Bonchev–Trinajstić information content (AvgIpc) is 0.769. The first-order valence-electron chi connectivity index (χ1n) is 36.7. The summed E-state index contributed by atoms with van der Waals surface area (Å²) in [5.74, 6) is -6.69. The Labute approximate surface area is 762 Å². The lowest BCUT2D eigenvalue weighted by Crippen LogP contribution is -2.69. The molecule has 0 amide bonds. The molecule has 72 heteroatoms. The molecule has 40 atom stereocenters. The van der Waals surface area contributed by atoms with Crippen LogP contribution in [-0.2, 0) is 157 Å². The van der Waals surface area contributed by atoms with Crippen LogP contribution < -0.4 is 0 Å². The molecule has 752 valence electrons. The summed E-state index contributed by atoms with van der Waals surface area (Å²) in [6.07, 6.45) is -94.8. The normalized spacial score (nSPS) is 42.8. The minimum Gasteiger partial charge on any atom is -0.387 e. The summed E-state index contributed by atoms with van der Waals surface area (Å²) in [6, 6.07) is 0. The predicted molar refractivity (Wildman–Crippen MR) is 435 cm³/mol. The molecule has 30 saturated heterocycles. The van der Waals surface area contributed by atoms with E-state index in [2.05, 4.69) is 0 Å². The lowest BCUT2D eigenvalue weighted by Gasteiger charge is -2.51. The summed E-state index contributed by atoms with van der Waals surface area (Å²) < 4.78 is 368. The standard InChI is InChI=1S/C56H96O56S16/c57-25-33(65)49-97-17(1-113-9-121(73,74)75)41(25)105-50-34(66)26(58)43(19(98-50)3-115-11-123(79,80)81)107-52-36(68)28(60)45(21(100-52)5-117-13-125(85,86)87)109-54-38(70)30(62)47(23(102-54)7-119-15-127(91,92)93)111-56-40(72)32(64)48(24(104-56)8-120-16-128(94,95)96)112-55-39(71)31(63)46(22(103-55)6-118-14-126(88,89)90)110-53-37(69)29(61)44(20(101-53)4-116-12-124(82,83)84)108-51-35(67)27(59)42(106-49)18(99-51)2-114-10-122(76,77)78/h17-72H,1-16H2,(H,73,74,75)(H,76,77,78)(H,79,80,81)(H,82,83,84)(H,85,86,87)(H,88,89,90)(H,91,92,93)(H,94,95,96)/t17?,18?,19?,20?,21?,22?,23?,24?,25?,26?,27?,28?,29?,30?,31?,32?,33?,34?,35?,36?,37?,38?,39?,40?,41-,42-,43-,44-,45-,46-,47-,48-,49-,50-,51-,52-,53-,54-,55-,56-/m1/s1. The second-order valence-corrected chi connectivity index (χ2v) is 52.3. The van der Waals surface area contributed by atoms with E-state index >= 15 is 0 Å². The predicted octanol–water partition coefficient (Wildman–Crippen LogP) is -12.7. The van der Waals surface area contributed by atoms with Crippen LogP contribution in [0.2, 0.25) is 0 Å². The first-order valence-corrected chi connectivity index (χ1v) is 58.8. The third kappa shape index (κ3) is 32.4. The summed E-state index contributed by atoms with van der Waals surface area (Å²) in [4.78, 5) is 0. The Morgan fingerprint density at radius 2 is 0.234 bits per heavy atom. The van der Waals surface area contributed by atoms with Crippen LogP contribution in [0.3, 0.4) is 0 Å². The van der Waals surface area contributed by atoms with Crippen LogP contribution in [0.1, 0.15) is 0 Å². The third-order valence-electron chi connectivity index (χ3n) is 19.6. The van der Waals surface area contributed by atoms with Gasteiger partial charge in [-0.2, -0.15) is 67.3 Å². The van der Waals surface area contributed by atoms with E-state index in [0.717, 1.165) is 0 Å². The minimum absolute atomic E-state index is 0.268. The van der Waals surface area contributed by atoms with E-state index in [1.54, 1.807) is 0 Å². The molecule has 128 heavy (non-hydrogen) atoms. The number of rotatable bonds is 32. The molecule has 30 aliphatic rings. The molecular formula is C56H96O56S16. The van der Waals surface area contributed by atoms with Crippen LogP contribution in [0.5, 0.6) is 0 Å². The van der Waals surface area contributed by atoms with Crippen LogP contribution in [0, 0.1) is 0 Å². The zero-order valence-electron chi connectivity index (χ0n) is 64.7. The zero-order valence-corrected chi connectivity index (χ0v) is 77.8. The SMILES string of the molecule is O=S(=O)(O)CSCC1O[C@@H]2O[C@@H]3C(CSCS(=O)(=O)O)O[C@H](O[C@@H]4C(CSCS(=O)(=O)O)O[C@H](O[C@@H]5C(CSCS(=O)(=O)O)O[C@H](O[C@@H]6C(CSCS(=O)(=O)O)O[C@H](O[C@@H]7C(CSCS(=O)(=O)O)O[C@H](O[C@@H]8C(CSCS(=O)(=O)O)O[C@H](O[C@@H]9C(CSCS(=O)(=O)O)O[C@H](O[C@H]1C(O)C2O)C(O)C9O)C(O)C8O)C(O)C7O)C(O)C6O)C(O)C5O)C(O)C4O)C(O)C3O. The molecule has 56 nitrogen and oxygen atoms in total. The molecule has 0 aromatic heterocycles. The van der Waals surface area contributed by atoms with E-state index in [9.17, 15) is 185 Å². The number of hydrogen-bond acceptors (Lipinski definition) is 56. The van der Waals surface area contributed by atoms with Crippen molar-refractivity contribution in [1.29, 1.82) is 0 Å². The number of hydrogen-bond donors (Lipinski definition) is 24. The van der Waals surface area contributed by atoms with Crippen LogP contribution in [-0.4, -0.2) is 518 Å². The maximum Gasteiger partial charge on any atom is 0.274 e. The molecule has 30 rings (SSSR count). The summed E-state index contributed by atoms with van der Waals surface area (Å²) in [5.41, 5.74) is 0. The van der Waals surface area contributed by atoms with Crippen molar-refractivity contribution in [2.75, 3.05) is 86.7 Å². The van der Waals surface area contributed by atoms with Crippen molar-refractivity contribution in [1.82, 2.24) is 0 Å². The summed E-state index contributed by atoms with van der Waals surface area (Å²) in [6.45, 7) is 0. The van der Waals surface area contributed by atoms with Gasteiger partial charge in [0.25, 0.3) is 80.9 Å². The number of aliphatic hydroxyl groups is 16. The second-order valence-electron chi connectivity index (χ2n) is 29.6. The van der Waals surface area contributed by atoms with E-state index in [-0.39, 0.29) is 94.1 Å². The highest BCUT2D eigenvalue weighted by Crippen LogP contribution is 2.43. The highest BCUT2D eigenvalue weighted by atomic mass is 32.3. The molecule has 0 radical (unpaired) electrons. The number of ether oxygens (including phenoxy) is 16. The van der Waals surface area contributed by atoms with Gasteiger partial charge in [0.15, 0.2) is 50.3 Å². The van der Waals surface area contributed by atoms with Crippen LogP contribution >= 0.6 is 94.1 Å². The fraction of sp³-hybridized carbons (Fsp3) is 1.00. The molecule has 30 heterocycles. The highest BCUT2D eigenvalue weighted by molar-refractivity contribution is 8.13. The van der Waals surface area contributed by atoms with Crippen LogP contribution in [0.4, 0.5) is 0 Å². The Kier molecular flexibility index (Phi) is 41.4. The van der Waals surface area contributed by atoms with Crippen molar-refractivity contribution in [3.8, 4) is 0 Å². The van der Waals surface area contributed by atoms with Gasteiger partial charge in [0, 0.05) is 46.0 Å². The van der Waals surface area contributed by atoms with Crippen molar-refractivity contribution in [2.24, 2.45) is 0 Å². The molecule has 0 aliphatic carbocycles. The fourth-order valence-corrected chi connectivity index (χ4v) is 27.8. The first-order chi connectivity index (χ1) is 59.1. The van der Waals surface area contributed by atoms with Gasteiger partial charge in [-0.1, -0.05) is 0 Å². The molecule has 24 N–H and O–H groups in total. The maximum atomic E-state index is 12.1. The Morgan fingerprint density at radius 1 is 0.148 bits per heavy atom. The van der Waals surface area contributed by atoms with Crippen molar-refractivity contribution in [2.45, 2.75) is 246 Å². The van der Waals surface area contributed by atoms with E-state index in [0.29, 0.717) is 0 Å². The molecule has 30 fully saturated rings. The van der Waals surface area contributed by atoms with Gasteiger partial charge in [-0.3, -0.25) is 36.4 Å². The topological polar surface area (TPSA) is 906 Å². The highest BCUT2D eigenvalue weighted by Gasteiger charge is 2.61. The molecule has 0 aromatic rings. The van der Waals surface area contributed by atoms with E-state index in [4.69, 9.17) is 75.8 Å². The Bertz CT molecular complexity index is 3690. The molecular weight excluding hydrogens is 2080 g/mol. The van der Waals surface area contributed by atoms with Gasteiger partial charge in [0.05, 0.1) is 48.8 Å². The molecule has 24 unspecified atom stereocenters. The van der Waals surface area contributed by atoms with Gasteiger partial charge in [-0.05, 0) is 0 Å². The van der Waals surface area contributed by atoms with Gasteiger partial charge >= 0.3 is 0 Å². The van der Waals surface area contributed by atoms with Gasteiger partial charge in [0.2, 0.25) is 0 Å². The molecule has 0 saturated carbocycles. The van der Waals surface area contributed by atoms with E-state index in [1.807, 2.05) is 0 Å². The second kappa shape index (κ2) is 47.1. The molecule has 0 aromatic carbocycles. The van der Waals surface area contributed by atoms with Gasteiger partial charge < -0.3 is 157 Å². The monoisotopic (exact) mass is 2180 g/mol. The largest absolute Gasteiger partial charge is 0.387 e. The lowest BCUT2D eigenvalue weighted by atomic mass is 9.95. The lowest BCUT2D eigenvalue weighted by molar-refractivity contribution is -0.396. The zero-order chi connectivity index (χ0) is 95.4. The summed E-state index contributed by atoms with van der Waals surface area (Å²) in [7, 11) is -39.6. The van der Waals surface area contributed by atoms with Gasteiger partial charge in [-0.25, -0.2) is 0 Å². The third-order valence-corrected chi connectivity index (χ3v) is 38.9. The van der Waals surface area contributed by atoms with Crippen molar-refractivity contribution >= 4 is 175 Å². The fourth-order valence-electron chi connectivity index (χ4n) is 14.0. The van der Waals surface area contributed by atoms with Crippen LogP contribution in [0.25, 0.3) is 0 Å². The Hall–Kier alpha value is 0.800. The van der Waals surface area contributed by atoms with E-state index < -0.39 is 413 Å². The Balaban J connectivity index is 1.14. The summed E-state index contributed by atoms with van der Waals surface area (Å²) >= 11 is 2.15. The van der Waals surface area contributed by atoms with E-state index in [1.165, 1.54) is 0 Å². The van der Waals surface area contributed by atoms with Crippen molar-refractivity contribution < 1.29 is 261 Å². The minimum atomic E-state index is -4.95. The van der Waals surface area contributed by atoms with Crippen molar-refractivity contribution in [3.63, 3.8) is 0 Å². The summed E-state index contributed by atoms with van der Waals surface area (Å²) in [5, 5.41) is 183. The van der Waals surface area contributed by atoms with Gasteiger partial charge in [-0.15, -0.1) is 94.1 Å². The first kappa shape index (κ1) is 112. The number of aliphatic hydroxyl groups excluding tert-OH is 16. The molecule has 30 aliphatic heterocycles. The molecule has 0 spiro atoms. The molecule has 16 bridgehead atoms. The van der Waals surface area contributed by atoms with Gasteiger partial charge in [0.1, 0.15) is 187 Å². The average molecular weight is 2180 g/mol. The van der Waals surface area contributed by atoms with Crippen molar-refractivity contribution in [3.05, 3.63) is 0 Å². The smallest absolute Gasteiger partial charge is 0.274 e. The maximum absolute atomic E-state index is 12.1. The Morgan fingerprint density at radius 3 is 0.312 bits per heavy atom.